The van der Waals surface area contributed by atoms with E-state index in [2.05, 4.69) is 0 Å². The zero-order valence-electron chi connectivity index (χ0n) is 8.59. The van der Waals surface area contributed by atoms with Crippen molar-refractivity contribution in [3.8, 4) is 0 Å². The Morgan fingerprint density at radius 3 is 1.58 bits per heavy atom. The normalized spacial score (nSPS) is 18.0. The van der Waals surface area contributed by atoms with Crippen molar-refractivity contribution in [2.75, 3.05) is 0 Å². The molecule has 0 aromatic rings. The van der Waals surface area contributed by atoms with Gasteiger partial charge in [0.2, 0.25) is 0 Å². The van der Waals surface area contributed by atoms with Gasteiger partial charge < -0.3 is 16.6 Å². The lowest BCUT2D eigenvalue weighted by atomic mass is 9.77. The minimum atomic E-state index is -1.02. The molecule has 3 heteroatoms. The maximum atomic E-state index is 10.1. The molecule has 0 amide bonds. The molecule has 0 fully saturated rings. The van der Waals surface area contributed by atoms with Gasteiger partial charge in [0.05, 0.1) is 11.3 Å². The fraction of sp³-hybridized carbons (Fsp3) is 1.00. The lowest BCUT2D eigenvalue weighted by Gasteiger charge is -2.42. The summed E-state index contributed by atoms with van der Waals surface area (Å²) in [6, 6.07) is 0. The molecule has 1 atom stereocenters. The first-order valence-electron chi connectivity index (χ1n) is 4.57. The van der Waals surface area contributed by atoms with E-state index in [-0.39, 0.29) is 5.92 Å². The first-order chi connectivity index (χ1) is 5.27. The molecule has 0 rings (SSSR count). The third-order valence-corrected chi connectivity index (χ3v) is 2.87. The molecule has 0 spiro atoms. The van der Waals surface area contributed by atoms with Crippen LogP contribution in [-0.4, -0.2) is 16.4 Å². The van der Waals surface area contributed by atoms with Crippen LogP contribution in [0.2, 0.25) is 0 Å². The van der Waals surface area contributed by atoms with Crippen LogP contribution in [0.5, 0.6) is 0 Å². The van der Waals surface area contributed by atoms with Crippen LogP contribution in [0.3, 0.4) is 0 Å². The molecule has 0 aliphatic heterocycles. The third-order valence-electron chi connectivity index (χ3n) is 2.87. The zero-order chi connectivity index (χ0) is 9.99. The van der Waals surface area contributed by atoms with E-state index in [4.69, 9.17) is 11.5 Å². The predicted octanol–water partition coefficient (Wildman–Crippen LogP) is 0.807. The van der Waals surface area contributed by atoms with E-state index >= 15 is 0 Å². The Morgan fingerprint density at radius 1 is 1.17 bits per heavy atom. The molecule has 0 radical (unpaired) electrons. The second kappa shape index (κ2) is 3.73. The van der Waals surface area contributed by atoms with Crippen LogP contribution in [0.15, 0.2) is 0 Å². The molecule has 1 unspecified atom stereocenters. The minimum Gasteiger partial charge on any atom is -0.387 e. The standard InChI is InChI=1S/C9H22N2O/c1-5-7(6-2)8(3,12)9(4,10)11/h7,12H,5-6,10-11H2,1-4H3. The van der Waals surface area contributed by atoms with Crippen LogP contribution in [0, 0.1) is 5.92 Å². The molecule has 5 N–H and O–H groups in total. The molecule has 0 saturated heterocycles. The van der Waals surface area contributed by atoms with E-state index in [9.17, 15) is 5.11 Å². The van der Waals surface area contributed by atoms with Crippen molar-refractivity contribution in [1.29, 1.82) is 0 Å². The molecule has 0 bridgehead atoms. The number of aliphatic hydroxyl groups is 1. The van der Waals surface area contributed by atoms with E-state index in [0.29, 0.717) is 0 Å². The van der Waals surface area contributed by atoms with Crippen molar-refractivity contribution < 1.29 is 5.11 Å². The number of hydrogen-bond acceptors (Lipinski definition) is 3. The van der Waals surface area contributed by atoms with Gasteiger partial charge in [0, 0.05) is 0 Å². The molecule has 0 saturated carbocycles. The van der Waals surface area contributed by atoms with E-state index in [1.807, 2.05) is 13.8 Å². The largest absolute Gasteiger partial charge is 0.387 e. The summed E-state index contributed by atoms with van der Waals surface area (Å²) in [5.74, 6) is 0.164. The molecule has 0 aliphatic rings. The summed E-state index contributed by atoms with van der Waals surface area (Å²) >= 11 is 0. The van der Waals surface area contributed by atoms with Gasteiger partial charge in [-0.15, -0.1) is 0 Å². The average Bonchev–Trinajstić information content (AvgIpc) is 1.87. The van der Waals surface area contributed by atoms with Gasteiger partial charge in [-0.05, 0) is 19.8 Å². The Kier molecular flexibility index (Phi) is 3.69. The van der Waals surface area contributed by atoms with Crippen molar-refractivity contribution in [2.45, 2.75) is 51.8 Å². The van der Waals surface area contributed by atoms with Gasteiger partial charge in [0.1, 0.15) is 0 Å². The van der Waals surface area contributed by atoms with Crippen LogP contribution in [0.25, 0.3) is 0 Å². The molecule has 0 aromatic heterocycles. The Labute approximate surface area is 75.1 Å². The highest BCUT2D eigenvalue weighted by molar-refractivity contribution is 4.96. The summed E-state index contributed by atoms with van der Waals surface area (Å²) in [5, 5.41) is 10.1. The fourth-order valence-corrected chi connectivity index (χ4v) is 1.52. The highest BCUT2D eigenvalue weighted by Gasteiger charge is 2.41. The predicted molar refractivity (Wildman–Crippen MR) is 51.5 cm³/mol. The fourth-order valence-electron chi connectivity index (χ4n) is 1.52. The SMILES string of the molecule is CCC(CC)C(C)(O)C(C)(N)N. The van der Waals surface area contributed by atoms with Crippen LogP contribution < -0.4 is 11.5 Å². The van der Waals surface area contributed by atoms with E-state index in [1.54, 1.807) is 13.8 Å². The second-order valence-electron chi connectivity index (χ2n) is 3.94. The molecule has 3 nitrogen and oxygen atoms in total. The lowest BCUT2D eigenvalue weighted by Crippen LogP contribution is -2.66. The molecule has 0 aromatic carbocycles. The van der Waals surface area contributed by atoms with Crippen molar-refractivity contribution in [3.63, 3.8) is 0 Å². The van der Waals surface area contributed by atoms with Crippen LogP contribution in [0.1, 0.15) is 40.5 Å². The van der Waals surface area contributed by atoms with Crippen LogP contribution >= 0.6 is 0 Å². The molecule has 0 heterocycles. The van der Waals surface area contributed by atoms with Gasteiger partial charge >= 0.3 is 0 Å². The average molecular weight is 174 g/mol. The van der Waals surface area contributed by atoms with Gasteiger partial charge in [-0.3, -0.25) is 0 Å². The van der Waals surface area contributed by atoms with Crippen molar-refractivity contribution >= 4 is 0 Å². The van der Waals surface area contributed by atoms with Gasteiger partial charge in [0.25, 0.3) is 0 Å². The topological polar surface area (TPSA) is 72.3 Å². The minimum absolute atomic E-state index is 0.164. The first-order valence-corrected chi connectivity index (χ1v) is 4.57. The Morgan fingerprint density at radius 2 is 1.50 bits per heavy atom. The number of nitrogens with two attached hydrogens (primary N) is 2. The summed E-state index contributed by atoms with van der Waals surface area (Å²) in [7, 11) is 0. The summed E-state index contributed by atoms with van der Waals surface area (Å²) in [5.41, 5.74) is 9.37. The van der Waals surface area contributed by atoms with Crippen molar-refractivity contribution in [3.05, 3.63) is 0 Å². The first kappa shape index (κ1) is 11.9. The maximum absolute atomic E-state index is 10.1. The zero-order valence-corrected chi connectivity index (χ0v) is 8.59. The van der Waals surface area contributed by atoms with Gasteiger partial charge in [-0.1, -0.05) is 26.7 Å². The Bertz CT molecular complexity index is 134. The lowest BCUT2D eigenvalue weighted by molar-refractivity contribution is -0.0632. The molecule has 0 aliphatic carbocycles. The van der Waals surface area contributed by atoms with Gasteiger partial charge in [-0.25, -0.2) is 0 Å². The quantitative estimate of drug-likeness (QED) is 0.552. The summed E-state index contributed by atoms with van der Waals surface area (Å²) in [4.78, 5) is 0. The summed E-state index contributed by atoms with van der Waals surface area (Å²) in [6.45, 7) is 7.44. The number of hydrogen-bond donors (Lipinski definition) is 3. The Hall–Kier alpha value is -0.120. The van der Waals surface area contributed by atoms with Crippen molar-refractivity contribution in [1.82, 2.24) is 0 Å². The number of rotatable bonds is 4. The van der Waals surface area contributed by atoms with E-state index in [0.717, 1.165) is 12.8 Å². The third kappa shape index (κ3) is 2.19. The molecule has 12 heavy (non-hydrogen) atoms. The molecular weight excluding hydrogens is 152 g/mol. The summed E-state index contributed by atoms with van der Waals surface area (Å²) in [6.07, 6.45) is 1.79. The van der Waals surface area contributed by atoms with Gasteiger partial charge in [-0.2, -0.15) is 0 Å². The highest BCUT2D eigenvalue weighted by atomic mass is 16.3. The van der Waals surface area contributed by atoms with Crippen LogP contribution in [-0.2, 0) is 0 Å². The van der Waals surface area contributed by atoms with Gasteiger partial charge in [0.15, 0.2) is 0 Å². The molecule has 74 valence electrons. The summed E-state index contributed by atoms with van der Waals surface area (Å²) < 4.78 is 0. The smallest absolute Gasteiger partial charge is 0.0952 e. The van der Waals surface area contributed by atoms with E-state index in [1.165, 1.54) is 0 Å². The second-order valence-corrected chi connectivity index (χ2v) is 3.94. The maximum Gasteiger partial charge on any atom is 0.0952 e. The molecular formula is C9H22N2O. The highest BCUT2D eigenvalue weighted by Crippen LogP contribution is 2.29. The van der Waals surface area contributed by atoms with Crippen molar-refractivity contribution in [2.24, 2.45) is 17.4 Å². The van der Waals surface area contributed by atoms with E-state index < -0.39 is 11.3 Å². The van der Waals surface area contributed by atoms with Crippen LogP contribution in [0.4, 0.5) is 0 Å². The Balaban J connectivity index is 4.57. The monoisotopic (exact) mass is 174 g/mol.